The Morgan fingerprint density at radius 1 is 1.60 bits per heavy atom. The second kappa shape index (κ2) is 2.26. The number of hydrogen-bond donors (Lipinski definition) is 0. The average Bonchev–Trinajstić information content (AvgIpc) is 2.38. The molecule has 1 aromatic heterocycles. The van der Waals surface area contributed by atoms with E-state index in [1.54, 1.807) is 0 Å². The lowest BCUT2D eigenvalue weighted by molar-refractivity contribution is 0.596. The first-order valence-corrected chi connectivity index (χ1v) is 4.03. The Kier molecular flexibility index (Phi) is 1.58. The number of imidazole rings is 1. The van der Waals surface area contributed by atoms with Crippen molar-refractivity contribution in [1.29, 1.82) is 0 Å². The van der Waals surface area contributed by atoms with E-state index in [4.69, 9.17) is 0 Å². The molecule has 4 nitrogen and oxygen atoms in total. The van der Waals surface area contributed by atoms with Crippen LogP contribution in [0.3, 0.4) is 0 Å². The first-order chi connectivity index (χ1) is 4.67. The molecule has 54 valence electrons. The van der Waals surface area contributed by atoms with E-state index in [-0.39, 0.29) is 0 Å². The highest BCUT2D eigenvalue weighted by Gasteiger charge is 2.03. The SMILES string of the molecule is C=CS(=O)(=O)n1ccnc1. The summed E-state index contributed by atoms with van der Waals surface area (Å²) in [6, 6.07) is 0. The quantitative estimate of drug-likeness (QED) is 0.618. The summed E-state index contributed by atoms with van der Waals surface area (Å²) in [4.78, 5) is 3.57. The monoisotopic (exact) mass is 158 g/mol. The third-order valence-electron chi connectivity index (χ3n) is 0.985. The van der Waals surface area contributed by atoms with Crippen molar-refractivity contribution in [2.45, 2.75) is 0 Å². The van der Waals surface area contributed by atoms with Crippen LogP contribution in [0.25, 0.3) is 0 Å². The van der Waals surface area contributed by atoms with Gasteiger partial charge in [0.15, 0.2) is 0 Å². The van der Waals surface area contributed by atoms with Crippen LogP contribution in [-0.4, -0.2) is 17.4 Å². The molecule has 0 amide bonds. The van der Waals surface area contributed by atoms with E-state index in [9.17, 15) is 8.42 Å². The third kappa shape index (κ3) is 1.08. The summed E-state index contributed by atoms with van der Waals surface area (Å²) in [5, 5.41) is 0.870. The Bertz CT molecular complexity index is 311. The summed E-state index contributed by atoms with van der Waals surface area (Å²) in [7, 11) is -3.34. The Morgan fingerprint density at radius 3 is 2.70 bits per heavy atom. The Balaban J connectivity index is 3.22. The number of nitrogens with zero attached hydrogens (tertiary/aromatic N) is 2. The summed E-state index contributed by atoms with van der Waals surface area (Å²) in [5.41, 5.74) is 0. The van der Waals surface area contributed by atoms with Crippen molar-refractivity contribution in [3.05, 3.63) is 30.7 Å². The van der Waals surface area contributed by atoms with Gasteiger partial charge in [-0.3, -0.25) is 0 Å². The van der Waals surface area contributed by atoms with Gasteiger partial charge in [0.2, 0.25) is 0 Å². The van der Waals surface area contributed by atoms with Crippen LogP contribution < -0.4 is 0 Å². The molecular formula is C5H6N2O2S. The molecule has 1 heterocycles. The zero-order valence-electron chi connectivity index (χ0n) is 5.14. The summed E-state index contributed by atoms with van der Waals surface area (Å²) < 4.78 is 22.7. The largest absolute Gasteiger partial charge is 0.261 e. The van der Waals surface area contributed by atoms with Crippen molar-refractivity contribution >= 4 is 10.0 Å². The van der Waals surface area contributed by atoms with E-state index >= 15 is 0 Å². The summed E-state index contributed by atoms with van der Waals surface area (Å²) in [6.07, 6.45) is 3.94. The molecule has 0 fully saturated rings. The lowest BCUT2D eigenvalue weighted by atomic mass is 11.0. The van der Waals surface area contributed by atoms with Gasteiger partial charge in [0.25, 0.3) is 10.0 Å². The molecular weight excluding hydrogens is 152 g/mol. The second-order valence-electron chi connectivity index (χ2n) is 1.60. The van der Waals surface area contributed by atoms with Gasteiger partial charge < -0.3 is 0 Å². The molecule has 0 spiro atoms. The second-order valence-corrected chi connectivity index (χ2v) is 3.39. The van der Waals surface area contributed by atoms with Crippen LogP contribution in [0.2, 0.25) is 0 Å². The van der Waals surface area contributed by atoms with Gasteiger partial charge in [0, 0.05) is 17.8 Å². The average molecular weight is 158 g/mol. The zero-order valence-corrected chi connectivity index (χ0v) is 5.95. The number of aromatic nitrogens is 2. The molecule has 10 heavy (non-hydrogen) atoms. The van der Waals surface area contributed by atoms with Gasteiger partial charge in [-0.1, -0.05) is 6.58 Å². The molecule has 0 aromatic carbocycles. The minimum Gasteiger partial charge on any atom is -0.244 e. The molecule has 0 saturated heterocycles. The highest BCUT2D eigenvalue weighted by molar-refractivity contribution is 7.92. The van der Waals surface area contributed by atoms with Crippen LogP contribution in [-0.2, 0) is 10.0 Å². The number of rotatable bonds is 2. The zero-order chi connectivity index (χ0) is 7.61. The molecule has 0 aliphatic carbocycles. The van der Waals surface area contributed by atoms with Gasteiger partial charge in [0.05, 0.1) is 0 Å². The minimum atomic E-state index is -3.34. The summed E-state index contributed by atoms with van der Waals surface area (Å²) in [5.74, 6) is 0. The van der Waals surface area contributed by atoms with Crippen LogP contribution in [0.4, 0.5) is 0 Å². The number of hydrogen-bond acceptors (Lipinski definition) is 3. The fourth-order valence-electron chi connectivity index (χ4n) is 0.483. The molecule has 1 rings (SSSR count). The van der Waals surface area contributed by atoms with Gasteiger partial charge in [-0.2, -0.15) is 0 Å². The van der Waals surface area contributed by atoms with Crippen molar-refractivity contribution in [1.82, 2.24) is 8.96 Å². The summed E-state index contributed by atoms with van der Waals surface area (Å²) >= 11 is 0. The molecule has 1 aromatic rings. The van der Waals surface area contributed by atoms with Gasteiger partial charge >= 0.3 is 0 Å². The van der Waals surface area contributed by atoms with E-state index in [1.165, 1.54) is 18.7 Å². The first-order valence-electron chi connectivity index (χ1n) is 2.53. The summed E-state index contributed by atoms with van der Waals surface area (Å²) in [6.45, 7) is 3.15. The lowest BCUT2D eigenvalue weighted by Crippen LogP contribution is -2.05. The molecule has 0 radical (unpaired) electrons. The predicted octanol–water partition coefficient (Wildman–Crippen LogP) is 0.205. The van der Waals surface area contributed by atoms with E-state index in [0.29, 0.717) is 0 Å². The fraction of sp³-hybridized carbons (Fsp3) is 0. The van der Waals surface area contributed by atoms with E-state index in [2.05, 4.69) is 11.6 Å². The fourth-order valence-corrected chi connectivity index (χ4v) is 1.07. The van der Waals surface area contributed by atoms with Crippen molar-refractivity contribution in [3.8, 4) is 0 Å². The Labute approximate surface area is 58.9 Å². The van der Waals surface area contributed by atoms with E-state index in [1.807, 2.05) is 0 Å². The molecule has 0 atom stereocenters. The highest BCUT2D eigenvalue weighted by Crippen LogP contribution is 1.95. The molecule has 0 N–H and O–H groups in total. The molecule has 0 aliphatic heterocycles. The first kappa shape index (κ1) is 7.01. The molecule has 5 heteroatoms. The minimum absolute atomic E-state index is 0.870. The molecule has 0 saturated carbocycles. The van der Waals surface area contributed by atoms with Gasteiger partial charge in [0.1, 0.15) is 6.33 Å². The van der Waals surface area contributed by atoms with Gasteiger partial charge in [-0.05, 0) is 0 Å². The highest BCUT2D eigenvalue weighted by atomic mass is 32.2. The Hall–Kier alpha value is -1.10. The Morgan fingerprint density at radius 2 is 2.30 bits per heavy atom. The predicted molar refractivity (Wildman–Crippen MR) is 36.7 cm³/mol. The van der Waals surface area contributed by atoms with Crippen LogP contribution in [0.15, 0.2) is 30.7 Å². The van der Waals surface area contributed by atoms with E-state index in [0.717, 1.165) is 9.38 Å². The topological polar surface area (TPSA) is 52.0 Å². The molecule has 0 bridgehead atoms. The van der Waals surface area contributed by atoms with Crippen molar-refractivity contribution < 1.29 is 8.42 Å². The standard InChI is InChI=1S/C5H6N2O2S/c1-2-10(8,9)7-4-3-6-5-7/h2-5H,1H2. The van der Waals surface area contributed by atoms with Gasteiger partial charge in [-0.15, -0.1) is 0 Å². The van der Waals surface area contributed by atoms with Crippen LogP contribution in [0, 0.1) is 0 Å². The smallest absolute Gasteiger partial charge is 0.244 e. The normalized spacial score (nSPS) is 11.2. The maximum Gasteiger partial charge on any atom is 0.261 e. The van der Waals surface area contributed by atoms with Crippen molar-refractivity contribution in [3.63, 3.8) is 0 Å². The third-order valence-corrected chi connectivity index (χ3v) is 2.21. The maximum absolute atomic E-state index is 10.9. The maximum atomic E-state index is 10.9. The lowest BCUT2D eigenvalue weighted by Gasteiger charge is -1.94. The van der Waals surface area contributed by atoms with E-state index < -0.39 is 10.0 Å². The van der Waals surface area contributed by atoms with Crippen LogP contribution in [0.1, 0.15) is 0 Å². The van der Waals surface area contributed by atoms with Crippen LogP contribution in [0.5, 0.6) is 0 Å². The van der Waals surface area contributed by atoms with Crippen LogP contribution >= 0.6 is 0 Å². The van der Waals surface area contributed by atoms with Gasteiger partial charge in [-0.25, -0.2) is 17.4 Å². The molecule has 0 unspecified atom stereocenters. The van der Waals surface area contributed by atoms with Crippen molar-refractivity contribution in [2.24, 2.45) is 0 Å². The molecule has 0 aliphatic rings. The van der Waals surface area contributed by atoms with Crippen molar-refractivity contribution in [2.75, 3.05) is 0 Å².